The summed E-state index contributed by atoms with van der Waals surface area (Å²) in [4.78, 5) is 25.5. The van der Waals surface area contributed by atoms with Gasteiger partial charge in [0.1, 0.15) is 13.2 Å². The van der Waals surface area contributed by atoms with Crippen LogP contribution in [-0.4, -0.2) is 47.7 Å². The zero-order chi connectivity index (χ0) is 15.7. The molecule has 118 valence electrons. The number of piperidine rings is 1. The number of rotatable bonds is 2. The number of carbonyl (C=O) groups is 2. The molecule has 2 aliphatic rings. The summed E-state index contributed by atoms with van der Waals surface area (Å²) in [5, 5.41) is 9.18. The zero-order valence-corrected chi connectivity index (χ0v) is 12.4. The molecule has 0 saturated carbocycles. The third-order valence-electron chi connectivity index (χ3n) is 4.28. The molecular formula is C16H19NO5. The molecule has 2 aliphatic heterocycles. The number of amides is 1. The van der Waals surface area contributed by atoms with Crippen LogP contribution in [-0.2, 0) is 4.79 Å². The van der Waals surface area contributed by atoms with Gasteiger partial charge in [0, 0.05) is 18.2 Å². The van der Waals surface area contributed by atoms with Crippen molar-refractivity contribution < 1.29 is 24.2 Å². The van der Waals surface area contributed by atoms with Gasteiger partial charge in [0.2, 0.25) is 0 Å². The molecule has 0 aliphatic carbocycles. The lowest BCUT2D eigenvalue weighted by atomic mass is 9.93. The SMILES string of the molecule is CC1CCC(C(=O)O)CN1C(=O)c1ccc2c(c1)OCCO2. The third kappa shape index (κ3) is 2.73. The highest BCUT2D eigenvalue weighted by atomic mass is 16.6. The van der Waals surface area contributed by atoms with Gasteiger partial charge in [-0.2, -0.15) is 0 Å². The summed E-state index contributed by atoms with van der Waals surface area (Å²) in [6, 6.07) is 5.14. The molecule has 1 aromatic carbocycles. The van der Waals surface area contributed by atoms with Gasteiger partial charge in [0.05, 0.1) is 5.92 Å². The lowest BCUT2D eigenvalue weighted by Crippen LogP contribution is -2.47. The molecule has 2 unspecified atom stereocenters. The second kappa shape index (κ2) is 5.87. The van der Waals surface area contributed by atoms with Crippen molar-refractivity contribution >= 4 is 11.9 Å². The standard InChI is InChI=1S/C16H19NO5/c1-10-2-3-12(16(19)20)9-17(10)15(18)11-4-5-13-14(8-11)22-7-6-21-13/h4-5,8,10,12H,2-3,6-7,9H2,1H3,(H,19,20). The van der Waals surface area contributed by atoms with Crippen molar-refractivity contribution in [3.8, 4) is 11.5 Å². The Morgan fingerprint density at radius 2 is 1.91 bits per heavy atom. The molecule has 3 rings (SSSR count). The van der Waals surface area contributed by atoms with Gasteiger partial charge in [-0.05, 0) is 38.0 Å². The number of carbonyl (C=O) groups excluding carboxylic acids is 1. The van der Waals surface area contributed by atoms with Crippen molar-refractivity contribution in [3.05, 3.63) is 23.8 Å². The van der Waals surface area contributed by atoms with Gasteiger partial charge in [-0.25, -0.2) is 0 Å². The molecule has 0 bridgehead atoms. The number of aliphatic carboxylic acids is 1. The first kappa shape index (κ1) is 14.7. The summed E-state index contributed by atoms with van der Waals surface area (Å²) in [6.45, 7) is 3.17. The van der Waals surface area contributed by atoms with E-state index in [9.17, 15) is 14.7 Å². The van der Waals surface area contributed by atoms with Gasteiger partial charge < -0.3 is 19.5 Å². The molecule has 1 aromatic rings. The maximum atomic E-state index is 12.7. The van der Waals surface area contributed by atoms with Crippen molar-refractivity contribution in [3.63, 3.8) is 0 Å². The molecule has 1 fully saturated rings. The van der Waals surface area contributed by atoms with Gasteiger partial charge in [0.25, 0.3) is 5.91 Å². The molecular weight excluding hydrogens is 286 g/mol. The van der Waals surface area contributed by atoms with E-state index in [0.29, 0.717) is 43.1 Å². The first-order valence-electron chi connectivity index (χ1n) is 7.49. The quantitative estimate of drug-likeness (QED) is 0.901. The number of nitrogens with zero attached hydrogens (tertiary/aromatic N) is 1. The van der Waals surface area contributed by atoms with Crippen LogP contribution < -0.4 is 9.47 Å². The van der Waals surface area contributed by atoms with E-state index in [2.05, 4.69) is 0 Å². The van der Waals surface area contributed by atoms with Crippen LogP contribution in [0, 0.1) is 5.92 Å². The maximum Gasteiger partial charge on any atom is 0.308 e. The van der Waals surface area contributed by atoms with E-state index in [1.807, 2.05) is 6.92 Å². The Bertz CT molecular complexity index is 600. The van der Waals surface area contributed by atoms with Gasteiger partial charge in [-0.3, -0.25) is 9.59 Å². The van der Waals surface area contributed by atoms with Crippen molar-refractivity contribution in [2.45, 2.75) is 25.8 Å². The van der Waals surface area contributed by atoms with Crippen molar-refractivity contribution in [1.29, 1.82) is 0 Å². The minimum atomic E-state index is -0.841. The lowest BCUT2D eigenvalue weighted by Gasteiger charge is -2.36. The normalized spacial score (nSPS) is 24.0. The Balaban J connectivity index is 1.81. The molecule has 22 heavy (non-hydrogen) atoms. The number of carboxylic acids is 1. The first-order valence-corrected chi connectivity index (χ1v) is 7.49. The van der Waals surface area contributed by atoms with E-state index in [4.69, 9.17) is 9.47 Å². The second-order valence-corrected chi connectivity index (χ2v) is 5.78. The zero-order valence-electron chi connectivity index (χ0n) is 12.4. The van der Waals surface area contributed by atoms with Crippen molar-refractivity contribution in [2.24, 2.45) is 5.92 Å². The molecule has 2 atom stereocenters. The third-order valence-corrected chi connectivity index (χ3v) is 4.28. The van der Waals surface area contributed by atoms with E-state index in [-0.39, 0.29) is 18.5 Å². The monoisotopic (exact) mass is 305 g/mol. The summed E-state index contributed by atoms with van der Waals surface area (Å²) < 4.78 is 10.9. The largest absolute Gasteiger partial charge is 0.486 e. The molecule has 1 N–H and O–H groups in total. The summed E-state index contributed by atoms with van der Waals surface area (Å²) in [5.74, 6) is -0.283. The molecule has 0 radical (unpaired) electrons. The molecule has 0 spiro atoms. The first-order chi connectivity index (χ1) is 10.6. The van der Waals surface area contributed by atoms with Gasteiger partial charge in [0.15, 0.2) is 11.5 Å². The molecule has 6 nitrogen and oxygen atoms in total. The predicted octanol–water partition coefficient (Wildman–Crippen LogP) is 1.78. The minimum absolute atomic E-state index is 0.0382. The number of likely N-dealkylation sites (tertiary alicyclic amines) is 1. The van der Waals surface area contributed by atoms with Crippen LogP contribution in [0.15, 0.2) is 18.2 Å². The number of ether oxygens (including phenoxy) is 2. The highest BCUT2D eigenvalue weighted by Gasteiger charge is 2.33. The van der Waals surface area contributed by atoms with Crippen LogP contribution in [0.3, 0.4) is 0 Å². The summed E-state index contributed by atoms with van der Waals surface area (Å²) in [7, 11) is 0. The topological polar surface area (TPSA) is 76.1 Å². The Morgan fingerprint density at radius 3 is 2.64 bits per heavy atom. The Kier molecular flexibility index (Phi) is 3.92. The fourth-order valence-electron chi connectivity index (χ4n) is 2.93. The summed E-state index contributed by atoms with van der Waals surface area (Å²) in [5.41, 5.74) is 0.502. The van der Waals surface area contributed by atoms with Crippen LogP contribution in [0.5, 0.6) is 11.5 Å². The summed E-state index contributed by atoms with van der Waals surface area (Å²) >= 11 is 0. The van der Waals surface area contributed by atoms with Crippen LogP contribution in [0.2, 0.25) is 0 Å². The number of fused-ring (bicyclic) bond motifs is 1. The Hall–Kier alpha value is -2.24. The fourth-order valence-corrected chi connectivity index (χ4v) is 2.93. The Labute approximate surface area is 128 Å². The van der Waals surface area contributed by atoms with Crippen LogP contribution in [0.25, 0.3) is 0 Å². The van der Waals surface area contributed by atoms with Crippen molar-refractivity contribution in [1.82, 2.24) is 4.90 Å². The van der Waals surface area contributed by atoms with E-state index < -0.39 is 11.9 Å². The van der Waals surface area contributed by atoms with Crippen molar-refractivity contribution in [2.75, 3.05) is 19.8 Å². The molecule has 1 saturated heterocycles. The van der Waals surface area contributed by atoms with E-state index in [1.165, 1.54) is 0 Å². The number of hydrogen-bond donors (Lipinski definition) is 1. The molecule has 6 heteroatoms. The van der Waals surface area contributed by atoms with Gasteiger partial charge >= 0.3 is 5.97 Å². The molecule has 1 amide bonds. The second-order valence-electron chi connectivity index (χ2n) is 5.78. The average molecular weight is 305 g/mol. The van der Waals surface area contributed by atoms with E-state index >= 15 is 0 Å². The number of carboxylic acid groups (broad SMARTS) is 1. The highest BCUT2D eigenvalue weighted by Crippen LogP contribution is 2.32. The lowest BCUT2D eigenvalue weighted by molar-refractivity contribution is -0.143. The maximum absolute atomic E-state index is 12.7. The van der Waals surface area contributed by atoms with E-state index in [0.717, 1.165) is 0 Å². The van der Waals surface area contributed by atoms with E-state index in [1.54, 1.807) is 23.1 Å². The smallest absolute Gasteiger partial charge is 0.308 e. The molecule has 2 heterocycles. The minimum Gasteiger partial charge on any atom is -0.486 e. The molecule has 0 aromatic heterocycles. The summed E-state index contributed by atoms with van der Waals surface area (Å²) in [6.07, 6.45) is 1.31. The van der Waals surface area contributed by atoms with Crippen LogP contribution >= 0.6 is 0 Å². The highest BCUT2D eigenvalue weighted by molar-refractivity contribution is 5.95. The van der Waals surface area contributed by atoms with Crippen LogP contribution in [0.1, 0.15) is 30.1 Å². The van der Waals surface area contributed by atoms with Gasteiger partial charge in [-0.15, -0.1) is 0 Å². The number of benzene rings is 1. The van der Waals surface area contributed by atoms with Crippen LogP contribution in [0.4, 0.5) is 0 Å². The predicted molar refractivity (Wildman–Crippen MR) is 78.3 cm³/mol. The number of hydrogen-bond acceptors (Lipinski definition) is 4. The Morgan fingerprint density at radius 1 is 1.18 bits per heavy atom. The average Bonchev–Trinajstić information content (AvgIpc) is 2.54. The fraction of sp³-hybridized carbons (Fsp3) is 0.500. The van der Waals surface area contributed by atoms with Gasteiger partial charge in [-0.1, -0.05) is 0 Å².